The van der Waals surface area contributed by atoms with Gasteiger partial charge in [-0.2, -0.15) is 0 Å². The van der Waals surface area contributed by atoms with Crippen LogP contribution >= 0.6 is 11.6 Å². The van der Waals surface area contributed by atoms with Crippen molar-refractivity contribution < 1.29 is 9.47 Å². The van der Waals surface area contributed by atoms with Crippen molar-refractivity contribution in [3.8, 4) is 22.6 Å². The zero-order valence-electron chi connectivity index (χ0n) is 14.8. The Bertz CT molecular complexity index is 790. The number of ether oxygens (including phenoxy) is 2. The lowest BCUT2D eigenvalue weighted by Crippen LogP contribution is -2.43. The van der Waals surface area contributed by atoms with Crippen LogP contribution in [0.1, 0.15) is 32.8 Å². The molecular weight excluding hydrogens is 338 g/mol. The van der Waals surface area contributed by atoms with Gasteiger partial charge in [-0.3, -0.25) is 0 Å². The van der Waals surface area contributed by atoms with Crippen LogP contribution in [0, 0.1) is 5.92 Å². The minimum absolute atomic E-state index is 0.371. The van der Waals surface area contributed by atoms with E-state index >= 15 is 0 Å². The van der Waals surface area contributed by atoms with Crippen LogP contribution in [0.15, 0.2) is 24.4 Å². The molecule has 134 valence electrons. The quantitative estimate of drug-likeness (QED) is 0.840. The van der Waals surface area contributed by atoms with Crippen molar-refractivity contribution >= 4 is 17.4 Å². The van der Waals surface area contributed by atoms with Crippen LogP contribution in [0.3, 0.4) is 0 Å². The number of halogens is 1. The minimum Gasteiger partial charge on any atom is -0.490 e. The number of hydrogen-bond donors (Lipinski definition) is 2. The molecule has 1 aliphatic rings. The Kier molecular flexibility index (Phi) is 4.80. The standard InChI is InChI=1S/C19H24ClN3O2/c1-11(2)7-19(3,22)10-25-15-5-4-12-13-6-17(21)23-8-16(13)24-9-14(12)18(15)20/h4-6,8,11H,7,9-10,22H2,1-3H3,(H2,21,23). The Hall–Kier alpha value is -1.98. The van der Waals surface area contributed by atoms with E-state index in [2.05, 4.69) is 18.8 Å². The van der Waals surface area contributed by atoms with E-state index in [0.717, 1.165) is 23.1 Å². The van der Waals surface area contributed by atoms with Gasteiger partial charge in [-0.05, 0) is 37.0 Å². The van der Waals surface area contributed by atoms with Gasteiger partial charge in [0.1, 0.15) is 30.5 Å². The molecule has 0 saturated heterocycles. The van der Waals surface area contributed by atoms with Crippen molar-refractivity contribution in [2.24, 2.45) is 11.7 Å². The molecule has 0 bridgehead atoms. The number of rotatable bonds is 5. The Balaban J connectivity index is 1.86. The van der Waals surface area contributed by atoms with Crippen molar-refractivity contribution in [2.75, 3.05) is 12.3 Å². The monoisotopic (exact) mass is 361 g/mol. The maximum absolute atomic E-state index is 6.57. The summed E-state index contributed by atoms with van der Waals surface area (Å²) in [5.41, 5.74) is 14.5. The van der Waals surface area contributed by atoms with E-state index in [1.54, 1.807) is 12.3 Å². The molecule has 1 aliphatic heterocycles. The average Bonchev–Trinajstić information content (AvgIpc) is 2.52. The molecule has 2 aromatic rings. The third kappa shape index (κ3) is 3.83. The SMILES string of the molecule is CC(C)CC(C)(N)COc1ccc2c(c1Cl)COc1cnc(N)cc1-2. The molecule has 1 aromatic carbocycles. The second kappa shape index (κ2) is 6.73. The van der Waals surface area contributed by atoms with Crippen molar-refractivity contribution in [1.82, 2.24) is 4.98 Å². The molecule has 1 unspecified atom stereocenters. The summed E-state index contributed by atoms with van der Waals surface area (Å²) < 4.78 is 11.7. The van der Waals surface area contributed by atoms with Gasteiger partial charge < -0.3 is 20.9 Å². The van der Waals surface area contributed by atoms with Gasteiger partial charge in [0.2, 0.25) is 0 Å². The fourth-order valence-corrected chi connectivity index (χ4v) is 3.55. The van der Waals surface area contributed by atoms with Gasteiger partial charge >= 0.3 is 0 Å². The van der Waals surface area contributed by atoms with Crippen LogP contribution < -0.4 is 20.9 Å². The van der Waals surface area contributed by atoms with Crippen molar-refractivity contribution in [3.63, 3.8) is 0 Å². The number of anilines is 1. The number of hydrogen-bond acceptors (Lipinski definition) is 5. The van der Waals surface area contributed by atoms with Crippen LogP contribution in [-0.2, 0) is 6.61 Å². The number of nitrogens with zero attached hydrogens (tertiary/aromatic N) is 1. The summed E-state index contributed by atoms with van der Waals surface area (Å²) in [4.78, 5) is 4.07. The lowest BCUT2D eigenvalue weighted by atomic mass is 9.93. The average molecular weight is 362 g/mol. The first-order chi connectivity index (χ1) is 11.8. The number of nitrogen functional groups attached to an aromatic ring is 1. The highest BCUT2D eigenvalue weighted by atomic mass is 35.5. The molecule has 0 aliphatic carbocycles. The van der Waals surface area contributed by atoms with E-state index in [-0.39, 0.29) is 0 Å². The summed E-state index contributed by atoms with van der Waals surface area (Å²) in [6, 6.07) is 5.65. The molecule has 3 rings (SSSR count). The summed E-state index contributed by atoms with van der Waals surface area (Å²) in [5.74, 6) is 2.27. The topological polar surface area (TPSA) is 83.4 Å². The van der Waals surface area contributed by atoms with Gasteiger partial charge in [0.25, 0.3) is 0 Å². The fourth-order valence-electron chi connectivity index (χ4n) is 3.27. The van der Waals surface area contributed by atoms with Crippen molar-refractivity contribution in [3.05, 3.63) is 35.0 Å². The second-order valence-corrected chi connectivity index (χ2v) is 7.72. The zero-order chi connectivity index (χ0) is 18.2. The molecule has 1 aromatic heterocycles. The summed E-state index contributed by atoms with van der Waals surface area (Å²) in [7, 11) is 0. The Morgan fingerprint density at radius 3 is 2.84 bits per heavy atom. The summed E-state index contributed by atoms with van der Waals surface area (Å²) in [6.07, 6.45) is 2.51. The number of pyridine rings is 1. The van der Waals surface area contributed by atoms with E-state index in [4.69, 9.17) is 32.5 Å². The predicted octanol–water partition coefficient (Wildman–Crippen LogP) is 4.02. The van der Waals surface area contributed by atoms with E-state index in [0.29, 0.717) is 41.5 Å². The summed E-state index contributed by atoms with van der Waals surface area (Å²) >= 11 is 6.57. The predicted molar refractivity (Wildman–Crippen MR) is 101 cm³/mol. The van der Waals surface area contributed by atoms with Crippen LogP contribution in [0.25, 0.3) is 11.1 Å². The van der Waals surface area contributed by atoms with Crippen LogP contribution in [0.2, 0.25) is 5.02 Å². The van der Waals surface area contributed by atoms with Gasteiger partial charge in [0.15, 0.2) is 0 Å². The minimum atomic E-state index is -0.406. The molecule has 0 fully saturated rings. The van der Waals surface area contributed by atoms with Crippen molar-refractivity contribution in [1.29, 1.82) is 0 Å². The Morgan fingerprint density at radius 1 is 1.36 bits per heavy atom. The number of aromatic nitrogens is 1. The largest absolute Gasteiger partial charge is 0.490 e. The highest BCUT2D eigenvalue weighted by Crippen LogP contribution is 2.43. The number of nitrogens with two attached hydrogens (primary N) is 2. The molecule has 2 heterocycles. The highest BCUT2D eigenvalue weighted by Gasteiger charge is 2.25. The third-order valence-corrected chi connectivity index (χ3v) is 4.60. The molecule has 0 saturated carbocycles. The Labute approximate surface area is 153 Å². The van der Waals surface area contributed by atoms with E-state index in [9.17, 15) is 0 Å². The van der Waals surface area contributed by atoms with Gasteiger partial charge in [-0.1, -0.05) is 31.5 Å². The normalized spacial score (nSPS) is 15.1. The van der Waals surface area contributed by atoms with Crippen molar-refractivity contribution in [2.45, 2.75) is 39.3 Å². The molecular formula is C19H24ClN3O2. The second-order valence-electron chi connectivity index (χ2n) is 7.34. The number of fused-ring (bicyclic) bond motifs is 3. The van der Waals surface area contributed by atoms with E-state index in [1.165, 1.54) is 0 Å². The van der Waals surface area contributed by atoms with Crippen LogP contribution in [0.4, 0.5) is 5.82 Å². The lowest BCUT2D eigenvalue weighted by molar-refractivity contribution is 0.206. The zero-order valence-corrected chi connectivity index (χ0v) is 15.6. The molecule has 4 N–H and O–H groups in total. The fraction of sp³-hybridized carbons (Fsp3) is 0.421. The third-order valence-electron chi connectivity index (χ3n) is 4.19. The van der Waals surface area contributed by atoms with E-state index in [1.807, 2.05) is 19.1 Å². The number of benzene rings is 1. The van der Waals surface area contributed by atoms with Gasteiger partial charge in [-0.15, -0.1) is 0 Å². The first-order valence-electron chi connectivity index (χ1n) is 8.38. The van der Waals surface area contributed by atoms with Crippen LogP contribution in [-0.4, -0.2) is 17.1 Å². The summed E-state index contributed by atoms with van der Waals surface area (Å²) in [5, 5.41) is 0.555. The lowest BCUT2D eigenvalue weighted by Gasteiger charge is -2.28. The molecule has 0 amide bonds. The van der Waals surface area contributed by atoms with Gasteiger partial charge in [-0.25, -0.2) is 4.98 Å². The maximum Gasteiger partial charge on any atom is 0.146 e. The van der Waals surface area contributed by atoms with E-state index < -0.39 is 5.54 Å². The highest BCUT2D eigenvalue weighted by molar-refractivity contribution is 6.33. The van der Waals surface area contributed by atoms with Gasteiger partial charge in [0, 0.05) is 16.7 Å². The molecule has 0 spiro atoms. The Morgan fingerprint density at radius 2 is 2.12 bits per heavy atom. The molecule has 5 nitrogen and oxygen atoms in total. The molecule has 6 heteroatoms. The maximum atomic E-state index is 6.57. The first-order valence-corrected chi connectivity index (χ1v) is 8.76. The molecule has 1 atom stereocenters. The summed E-state index contributed by atoms with van der Waals surface area (Å²) in [6.45, 7) is 7.06. The molecule has 25 heavy (non-hydrogen) atoms. The molecule has 0 radical (unpaired) electrons. The smallest absolute Gasteiger partial charge is 0.146 e. The van der Waals surface area contributed by atoms with Crippen LogP contribution in [0.5, 0.6) is 11.5 Å². The first kappa shape index (κ1) is 17.8. The van der Waals surface area contributed by atoms with Gasteiger partial charge in [0.05, 0.1) is 11.2 Å².